The fraction of sp³-hybridized carbons (Fsp3) is 0.538. The van der Waals surface area contributed by atoms with Crippen LogP contribution in [0.25, 0.3) is 0 Å². The van der Waals surface area contributed by atoms with Crippen LogP contribution in [-0.4, -0.2) is 26.9 Å². The SMILES string of the molecule is O=S(=O)(CCCC(F)(F)F)Nc1ccc2c(c1)NCCC2. The van der Waals surface area contributed by atoms with E-state index in [4.69, 9.17) is 0 Å². The first-order valence-electron chi connectivity index (χ1n) is 6.69. The van der Waals surface area contributed by atoms with Crippen LogP contribution >= 0.6 is 0 Å². The molecular formula is C13H17F3N2O2S. The first-order chi connectivity index (χ1) is 9.75. The Hall–Kier alpha value is -1.44. The van der Waals surface area contributed by atoms with E-state index in [2.05, 4.69) is 10.0 Å². The molecule has 118 valence electrons. The Morgan fingerprint density at radius 3 is 2.76 bits per heavy atom. The van der Waals surface area contributed by atoms with Crippen LogP contribution in [0.1, 0.15) is 24.8 Å². The molecule has 0 aliphatic carbocycles. The molecule has 0 saturated carbocycles. The third-order valence-electron chi connectivity index (χ3n) is 3.19. The third-order valence-corrected chi connectivity index (χ3v) is 4.57. The summed E-state index contributed by atoms with van der Waals surface area (Å²) in [6.45, 7) is 0.828. The smallest absolute Gasteiger partial charge is 0.385 e. The van der Waals surface area contributed by atoms with Crippen molar-refractivity contribution in [3.8, 4) is 0 Å². The lowest BCUT2D eigenvalue weighted by molar-refractivity contribution is -0.134. The van der Waals surface area contributed by atoms with Crippen molar-refractivity contribution >= 4 is 21.4 Å². The molecule has 0 amide bonds. The van der Waals surface area contributed by atoms with E-state index in [-0.39, 0.29) is 0 Å². The molecule has 4 nitrogen and oxygen atoms in total. The van der Waals surface area contributed by atoms with E-state index in [9.17, 15) is 21.6 Å². The van der Waals surface area contributed by atoms with Crippen LogP contribution in [0.4, 0.5) is 24.5 Å². The fourth-order valence-corrected chi connectivity index (χ4v) is 3.33. The molecule has 0 bridgehead atoms. The lowest BCUT2D eigenvalue weighted by Gasteiger charge is -2.19. The van der Waals surface area contributed by atoms with Crippen LogP contribution < -0.4 is 10.0 Å². The summed E-state index contributed by atoms with van der Waals surface area (Å²) < 4.78 is 61.9. The number of fused-ring (bicyclic) bond motifs is 1. The number of nitrogens with one attached hydrogen (secondary N) is 2. The molecule has 0 saturated heterocycles. The van der Waals surface area contributed by atoms with E-state index in [0.717, 1.165) is 30.6 Å². The predicted molar refractivity (Wildman–Crippen MR) is 76.0 cm³/mol. The van der Waals surface area contributed by atoms with Gasteiger partial charge in [0.1, 0.15) is 0 Å². The maximum Gasteiger partial charge on any atom is 0.389 e. The molecule has 0 unspecified atom stereocenters. The molecular weight excluding hydrogens is 305 g/mol. The largest absolute Gasteiger partial charge is 0.389 e. The number of aryl methyl sites for hydroxylation is 1. The Morgan fingerprint density at radius 2 is 2.05 bits per heavy atom. The second-order valence-electron chi connectivity index (χ2n) is 5.04. The topological polar surface area (TPSA) is 58.2 Å². The van der Waals surface area contributed by atoms with E-state index in [0.29, 0.717) is 5.69 Å². The Kier molecular flexibility index (Phi) is 4.65. The van der Waals surface area contributed by atoms with Gasteiger partial charge in [0.25, 0.3) is 0 Å². The summed E-state index contributed by atoms with van der Waals surface area (Å²) >= 11 is 0. The summed E-state index contributed by atoms with van der Waals surface area (Å²) in [5, 5.41) is 3.17. The van der Waals surface area contributed by atoms with Crippen molar-refractivity contribution in [1.82, 2.24) is 0 Å². The zero-order valence-corrected chi connectivity index (χ0v) is 12.1. The molecule has 2 N–H and O–H groups in total. The highest BCUT2D eigenvalue weighted by molar-refractivity contribution is 7.92. The van der Waals surface area contributed by atoms with Gasteiger partial charge in [0.05, 0.1) is 11.4 Å². The summed E-state index contributed by atoms with van der Waals surface area (Å²) in [6, 6.07) is 5.14. The van der Waals surface area contributed by atoms with E-state index in [1.807, 2.05) is 6.07 Å². The number of alkyl halides is 3. The molecule has 1 aliphatic heterocycles. The molecule has 1 aliphatic rings. The van der Waals surface area contributed by atoms with Gasteiger partial charge in [-0.05, 0) is 37.0 Å². The quantitative estimate of drug-likeness (QED) is 0.875. The highest BCUT2D eigenvalue weighted by Gasteiger charge is 2.27. The fourth-order valence-electron chi connectivity index (χ4n) is 2.22. The van der Waals surface area contributed by atoms with Gasteiger partial charge in [-0.25, -0.2) is 8.42 Å². The van der Waals surface area contributed by atoms with Gasteiger partial charge in [0, 0.05) is 18.7 Å². The molecule has 0 spiro atoms. The van der Waals surface area contributed by atoms with Crippen molar-refractivity contribution in [3.05, 3.63) is 23.8 Å². The summed E-state index contributed by atoms with van der Waals surface area (Å²) in [4.78, 5) is 0. The van der Waals surface area contributed by atoms with E-state index in [1.54, 1.807) is 12.1 Å². The van der Waals surface area contributed by atoms with Gasteiger partial charge < -0.3 is 5.32 Å². The number of sulfonamides is 1. The first-order valence-corrected chi connectivity index (χ1v) is 8.34. The van der Waals surface area contributed by atoms with Gasteiger partial charge in [-0.15, -0.1) is 0 Å². The average molecular weight is 322 g/mol. The van der Waals surface area contributed by atoms with Gasteiger partial charge in [-0.3, -0.25) is 4.72 Å². The number of rotatable bonds is 5. The Balaban J connectivity index is 1.97. The Bertz CT molecular complexity index is 600. The zero-order chi connectivity index (χ0) is 15.5. The Morgan fingerprint density at radius 1 is 1.29 bits per heavy atom. The van der Waals surface area contributed by atoms with Gasteiger partial charge in [0.15, 0.2) is 0 Å². The lowest BCUT2D eigenvalue weighted by Crippen LogP contribution is -2.19. The van der Waals surface area contributed by atoms with Crippen LogP contribution in [0.5, 0.6) is 0 Å². The number of hydrogen-bond donors (Lipinski definition) is 2. The molecule has 0 radical (unpaired) electrons. The van der Waals surface area contributed by atoms with Crippen LogP contribution in [0, 0.1) is 0 Å². The monoisotopic (exact) mass is 322 g/mol. The minimum absolute atomic E-state index is 0.371. The van der Waals surface area contributed by atoms with E-state index in [1.165, 1.54) is 0 Å². The zero-order valence-electron chi connectivity index (χ0n) is 11.3. The number of hydrogen-bond acceptors (Lipinski definition) is 3. The molecule has 0 atom stereocenters. The maximum absolute atomic E-state index is 12.0. The van der Waals surface area contributed by atoms with Crippen molar-refractivity contribution in [2.75, 3.05) is 22.3 Å². The normalized spacial score (nSPS) is 15.2. The van der Waals surface area contributed by atoms with Crippen molar-refractivity contribution in [1.29, 1.82) is 0 Å². The van der Waals surface area contributed by atoms with E-state index >= 15 is 0 Å². The number of halogens is 3. The van der Waals surface area contributed by atoms with Gasteiger partial charge in [-0.2, -0.15) is 13.2 Å². The van der Waals surface area contributed by atoms with Gasteiger partial charge in [0.2, 0.25) is 10.0 Å². The second-order valence-corrected chi connectivity index (χ2v) is 6.88. The minimum Gasteiger partial charge on any atom is -0.385 e. The molecule has 1 aromatic carbocycles. The Labute approximate surface area is 121 Å². The highest BCUT2D eigenvalue weighted by atomic mass is 32.2. The van der Waals surface area contributed by atoms with Crippen molar-refractivity contribution in [2.45, 2.75) is 31.9 Å². The van der Waals surface area contributed by atoms with Crippen LogP contribution in [0.2, 0.25) is 0 Å². The maximum atomic E-state index is 12.0. The van der Waals surface area contributed by atoms with Gasteiger partial charge in [-0.1, -0.05) is 6.07 Å². The first kappa shape index (κ1) is 15.9. The predicted octanol–water partition coefficient (Wildman–Crippen LogP) is 3.13. The summed E-state index contributed by atoms with van der Waals surface area (Å²) in [5.41, 5.74) is 2.35. The molecule has 21 heavy (non-hydrogen) atoms. The lowest BCUT2D eigenvalue weighted by atomic mass is 10.0. The molecule has 8 heteroatoms. The van der Waals surface area contributed by atoms with Crippen LogP contribution in [0.15, 0.2) is 18.2 Å². The molecule has 2 rings (SSSR count). The summed E-state index contributed by atoms with van der Waals surface area (Å²) in [6.07, 6.45) is -3.91. The van der Waals surface area contributed by atoms with E-state index < -0.39 is 34.8 Å². The summed E-state index contributed by atoms with van der Waals surface area (Å²) in [5.74, 6) is -0.545. The molecule has 1 heterocycles. The molecule has 1 aromatic rings. The second kappa shape index (κ2) is 6.13. The van der Waals surface area contributed by atoms with Crippen LogP contribution in [-0.2, 0) is 16.4 Å². The van der Waals surface area contributed by atoms with Gasteiger partial charge >= 0.3 is 6.18 Å². The average Bonchev–Trinajstić information content (AvgIpc) is 2.36. The third kappa shape index (κ3) is 5.11. The summed E-state index contributed by atoms with van der Waals surface area (Å²) in [7, 11) is -3.76. The van der Waals surface area contributed by atoms with Crippen molar-refractivity contribution in [3.63, 3.8) is 0 Å². The minimum atomic E-state index is -4.33. The highest BCUT2D eigenvalue weighted by Crippen LogP contribution is 2.26. The van der Waals surface area contributed by atoms with Crippen molar-refractivity contribution < 1.29 is 21.6 Å². The number of benzene rings is 1. The molecule has 0 aromatic heterocycles. The molecule has 0 fully saturated rings. The van der Waals surface area contributed by atoms with Crippen molar-refractivity contribution in [2.24, 2.45) is 0 Å². The van der Waals surface area contributed by atoms with Crippen LogP contribution in [0.3, 0.4) is 0 Å². The standard InChI is InChI=1S/C13H17F3N2O2S/c14-13(15,16)6-2-8-21(19,20)18-11-5-4-10-3-1-7-17-12(10)9-11/h4-5,9,17-18H,1-3,6-8H2. The number of anilines is 2.